The number of hydrogen-bond acceptors (Lipinski definition) is 5. The molecule has 0 spiro atoms. The van der Waals surface area contributed by atoms with E-state index in [0.29, 0.717) is 6.54 Å². The zero-order valence-electron chi connectivity index (χ0n) is 10.4. The first-order valence-corrected chi connectivity index (χ1v) is 6.51. The minimum atomic E-state index is -0.221. The Labute approximate surface area is 110 Å². The number of benzene rings is 1. The largest absolute Gasteiger partial charge is 0.377 e. The summed E-state index contributed by atoms with van der Waals surface area (Å²) in [6.07, 6.45) is 0. The van der Waals surface area contributed by atoms with Gasteiger partial charge in [0.15, 0.2) is 0 Å². The van der Waals surface area contributed by atoms with Gasteiger partial charge in [0, 0.05) is 30.8 Å². The van der Waals surface area contributed by atoms with Gasteiger partial charge in [-0.1, -0.05) is 4.49 Å². The monoisotopic (exact) mass is 266 g/mol. The summed E-state index contributed by atoms with van der Waals surface area (Å²) in [6.45, 7) is 3.54. The fourth-order valence-electron chi connectivity index (χ4n) is 1.72. The number of nitrogens with one attached hydrogen (secondary N) is 1. The number of rotatable bonds is 5. The van der Waals surface area contributed by atoms with Gasteiger partial charge in [0.05, 0.1) is 6.54 Å². The second kappa shape index (κ2) is 5.77. The molecule has 0 saturated carbocycles. The molecule has 6 heteroatoms. The second-order valence-electron chi connectivity index (χ2n) is 3.79. The van der Waals surface area contributed by atoms with Gasteiger partial charge in [0.1, 0.15) is 16.5 Å². The molecule has 4 nitrogen and oxygen atoms in total. The first-order chi connectivity index (χ1) is 8.74. The molecule has 1 aromatic carbocycles. The molecular formula is C12H15FN4S. The topological polar surface area (TPSA) is 41.1 Å². The molecule has 0 saturated heterocycles. The quantitative estimate of drug-likeness (QED) is 0.903. The first kappa shape index (κ1) is 12.8. The maximum atomic E-state index is 12.9. The summed E-state index contributed by atoms with van der Waals surface area (Å²) in [5.41, 5.74) is 1.89. The molecule has 0 radical (unpaired) electrons. The summed E-state index contributed by atoms with van der Waals surface area (Å²) in [7, 11) is 1.85. The van der Waals surface area contributed by atoms with Crippen LogP contribution in [0.1, 0.15) is 12.6 Å². The van der Waals surface area contributed by atoms with Crippen LogP contribution in [0.3, 0.4) is 0 Å². The Morgan fingerprint density at radius 2 is 2.06 bits per heavy atom. The van der Waals surface area contributed by atoms with Gasteiger partial charge in [-0.25, -0.2) is 4.39 Å². The van der Waals surface area contributed by atoms with Crippen molar-refractivity contribution in [2.75, 3.05) is 23.8 Å². The SMILES string of the molecule is CCN(Cc1nnsc1NC)c1ccc(F)cc1. The van der Waals surface area contributed by atoms with Crippen LogP contribution in [0.2, 0.25) is 0 Å². The van der Waals surface area contributed by atoms with E-state index in [1.807, 2.05) is 7.05 Å². The fourth-order valence-corrected chi connectivity index (χ4v) is 2.24. The molecule has 0 fully saturated rings. The van der Waals surface area contributed by atoms with Crippen LogP contribution in [0.25, 0.3) is 0 Å². The third-order valence-corrected chi connectivity index (χ3v) is 3.48. The lowest BCUT2D eigenvalue weighted by Crippen LogP contribution is -2.22. The van der Waals surface area contributed by atoms with Crippen molar-refractivity contribution < 1.29 is 4.39 Å². The van der Waals surface area contributed by atoms with E-state index in [1.165, 1.54) is 23.7 Å². The van der Waals surface area contributed by atoms with E-state index in [9.17, 15) is 4.39 Å². The maximum Gasteiger partial charge on any atom is 0.134 e. The molecule has 0 aliphatic carbocycles. The van der Waals surface area contributed by atoms with Gasteiger partial charge < -0.3 is 10.2 Å². The third-order valence-electron chi connectivity index (χ3n) is 2.70. The lowest BCUT2D eigenvalue weighted by molar-refractivity contribution is 0.627. The Morgan fingerprint density at radius 1 is 1.33 bits per heavy atom. The third kappa shape index (κ3) is 2.76. The van der Waals surface area contributed by atoms with Gasteiger partial charge in [0.25, 0.3) is 0 Å². The van der Waals surface area contributed by atoms with Crippen molar-refractivity contribution in [3.63, 3.8) is 0 Å². The molecule has 0 aliphatic rings. The zero-order chi connectivity index (χ0) is 13.0. The van der Waals surface area contributed by atoms with Crippen molar-refractivity contribution in [2.24, 2.45) is 0 Å². The van der Waals surface area contributed by atoms with Crippen LogP contribution < -0.4 is 10.2 Å². The minimum Gasteiger partial charge on any atom is -0.377 e. The highest BCUT2D eigenvalue weighted by Gasteiger charge is 2.11. The van der Waals surface area contributed by atoms with Crippen molar-refractivity contribution in [2.45, 2.75) is 13.5 Å². The molecule has 2 rings (SSSR count). The summed E-state index contributed by atoms with van der Waals surface area (Å²) < 4.78 is 16.8. The lowest BCUT2D eigenvalue weighted by atomic mass is 10.2. The molecule has 0 atom stereocenters. The minimum absolute atomic E-state index is 0.221. The van der Waals surface area contributed by atoms with E-state index < -0.39 is 0 Å². The molecule has 1 heterocycles. The molecular weight excluding hydrogens is 251 g/mol. The molecule has 1 N–H and O–H groups in total. The van der Waals surface area contributed by atoms with E-state index in [0.717, 1.165) is 22.9 Å². The Morgan fingerprint density at radius 3 is 2.67 bits per heavy atom. The van der Waals surface area contributed by atoms with Crippen molar-refractivity contribution in [3.8, 4) is 0 Å². The van der Waals surface area contributed by atoms with E-state index in [2.05, 4.69) is 26.7 Å². The molecule has 2 aromatic rings. The molecule has 0 unspecified atom stereocenters. The second-order valence-corrected chi connectivity index (χ2v) is 4.54. The van der Waals surface area contributed by atoms with E-state index >= 15 is 0 Å². The predicted octanol–water partition coefficient (Wildman–Crippen LogP) is 2.75. The van der Waals surface area contributed by atoms with Gasteiger partial charge in [-0.2, -0.15) is 0 Å². The Bertz CT molecular complexity index is 497. The van der Waals surface area contributed by atoms with Crippen LogP contribution in [0.15, 0.2) is 24.3 Å². The highest BCUT2D eigenvalue weighted by molar-refractivity contribution is 7.10. The smallest absolute Gasteiger partial charge is 0.134 e. The summed E-state index contributed by atoms with van der Waals surface area (Å²) in [5, 5.41) is 8.15. The van der Waals surface area contributed by atoms with Crippen LogP contribution in [-0.2, 0) is 6.54 Å². The van der Waals surface area contributed by atoms with E-state index in [-0.39, 0.29) is 5.82 Å². The molecule has 18 heavy (non-hydrogen) atoms. The summed E-state index contributed by atoms with van der Waals surface area (Å²) in [5.74, 6) is -0.221. The lowest BCUT2D eigenvalue weighted by Gasteiger charge is -2.22. The summed E-state index contributed by atoms with van der Waals surface area (Å²) >= 11 is 1.34. The Hall–Kier alpha value is -1.69. The average Bonchev–Trinajstić information content (AvgIpc) is 2.84. The van der Waals surface area contributed by atoms with Gasteiger partial charge in [0.2, 0.25) is 0 Å². The van der Waals surface area contributed by atoms with Crippen LogP contribution in [0, 0.1) is 5.82 Å². The van der Waals surface area contributed by atoms with Crippen LogP contribution >= 0.6 is 11.5 Å². The van der Waals surface area contributed by atoms with Gasteiger partial charge in [-0.3, -0.25) is 0 Å². The summed E-state index contributed by atoms with van der Waals surface area (Å²) in [4.78, 5) is 2.12. The van der Waals surface area contributed by atoms with Gasteiger partial charge in [-0.15, -0.1) is 5.10 Å². The van der Waals surface area contributed by atoms with Crippen molar-refractivity contribution >= 4 is 22.2 Å². The standard InChI is InChI=1S/C12H15FN4S/c1-3-17(10-6-4-9(13)5-7-10)8-11-12(14-2)18-16-15-11/h4-7,14H,3,8H2,1-2H3. The van der Waals surface area contributed by atoms with E-state index in [1.54, 1.807) is 12.1 Å². The molecule has 1 aromatic heterocycles. The summed E-state index contributed by atoms with van der Waals surface area (Å²) in [6, 6.07) is 6.49. The number of nitrogens with zero attached hydrogens (tertiary/aromatic N) is 3. The predicted molar refractivity (Wildman–Crippen MR) is 72.6 cm³/mol. The number of hydrogen-bond donors (Lipinski definition) is 1. The molecule has 96 valence electrons. The van der Waals surface area contributed by atoms with Crippen molar-refractivity contribution in [1.82, 2.24) is 9.59 Å². The highest BCUT2D eigenvalue weighted by atomic mass is 32.1. The molecule has 0 amide bonds. The first-order valence-electron chi connectivity index (χ1n) is 5.74. The molecule has 0 aliphatic heterocycles. The number of anilines is 2. The normalized spacial score (nSPS) is 10.4. The number of aromatic nitrogens is 2. The van der Waals surface area contributed by atoms with Crippen molar-refractivity contribution in [3.05, 3.63) is 35.8 Å². The Balaban J connectivity index is 2.17. The van der Waals surface area contributed by atoms with Gasteiger partial charge in [-0.05, 0) is 31.2 Å². The maximum absolute atomic E-state index is 12.9. The molecule has 0 bridgehead atoms. The van der Waals surface area contributed by atoms with Crippen LogP contribution in [0.4, 0.5) is 15.1 Å². The Kier molecular flexibility index (Phi) is 4.09. The van der Waals surface area contributed by atoms with E-state index in [4.69, 9.17) is 0 Å². The number of halogens is 1. The average molecular weight is 266 g/mol. The van der Waals surface area contributed by atoms with Gasteiger partial charge >= 0.3 is 0 Å². The van der Waals surface area contributed by atoms with Crippen LogP contribution in [-0.4, -0.2) is 23.2 Å². The van der Waals surface area contributed by atoms with Crippen LogP contribution in [0.5, 0.6) is 0 Å². The highest BCUT2D eigenvalue weighted by Crippen LogP contribution is 2.22. The van der Waals surface area contributed by atoms with Crippen molar-refractivity contribution in [1.29, 1.82) is 0 Å². The fraction of sp³-hybridized carbons (Fsp3) is 0.333. The zero-order valence-corrected chi connectivity index (χ0v) is 11.2.